The molecule has 0 fully saturated rings. The Balaban J connectivity index is 1.45. The van der Waals surface area contributed by atoms with E-state index in [1.165, 1.54) is 31.9 Å². The predicted octanol–water partition coefficient (Wildman–Crippen LogP) is 7.37. The first-order chi connectivity index (χ1) is 21.4. The third kappa shape index (κ3) is 11.8. The summed E-state index contributed by atoms with van der Waals surface area (Å²) in [6, 6.07) is 18.4. The molecular weight excluding hydrogens is 564 g/mol. The lowest BCUT2D eigenvalue weighted by atomic mass is 10.1. The summed E-state index contributed by atoms with van der Waals surface area (Å²) in [5.41, 5.74) is 0.500. The number of esters is 2. The lowest BCUT2D eigenvalue weighted by Crippen LogP contribution is -2.12. The molecule has 9 nitrogen and oxygen atoms in total. The summed E-state index contributed by atoms with van der Waals surface area (Å²) in [5.74, 6) is 1.15. The Labute approximate surface area is 258 Å². The van der Waals surface area contributed by atoms with Gasteiger partial charge in [0, 0.05) is 6.08 Å². The van der Waals surface area contributed by atoms with Crippen molar-refractivity contribution in [2.75, 3.05) is 26.6 Å². The molecule has 0 amide bonds. The Morgan fingerprint density at radius 1 is 0.682 bits per heavy atom. The molecule has 0 aliphatic heterocycles. The van der Waals surface area contributed by atoms with Gasteiger partial charge < -0.3 is 28.4 Å². The molecule has 234 valence electrons. The summed E-state index contributed by atoms with van der Waals surface area (Å²) in [4.78, 5) is 36.1. The highest BCUT2D eigenvalue weighted by atomic mass is 16.7. The number of ether oxygens (including phenoxy) is 6. The lowest BCUT2D eigenvalue weighted by Gasteiger charge is -2.13. The van der Waals surface area contributed by atoms with Gasteiger partial charge in [0.25, 0.3) is 0 Å². The summed E-state index contributed by atoms with van der Waals surface area (Å²) >= 11 is 0. The van der Waals surface area contributed by atoms with Crippen molar-refractivity contribution >= 4 is 17.7 Å². The molecule has 0 bridgehead atoms. The number of ketones is 1. The Morgan fingerprint density at radius 3 is 1.84 bits per heavy atom. The molecule has 0 radical (unpaired) electrons. The Hall–Kier alpha value is -4.79. The molecular formula is C35H40O9. The van der Waals surface area contributed by atoms with Crippen molar-refractivity contribution in [3.05, 3.63) is 90.5 Å². The normalized spacial score (nSPS) is 10.4. The van der Waals surface area contributed by atoms with E-state index in [4.69, 9.17) is 28.4 Å². The van der Waals surface area contributed by atoms with Crippen LogP contribution in [0.2, 0.25) is 0 Å². The molecule has 3 aromatic rings. The lowest BCUT2D eigenvalue weighted by molar-refractivity contribution is -0.137. The van der Waals surface area contributed by atoms with Gasteiger partial charge in [0.15, 0.2) is 5.78 Å². The summed E-state index contributed by atoms with van der Waals surface area (Å²) in [5, 5.41) is 0. The molecule has 0 saturated carbocycles. The van der Waals surface area contributed by atoms with Crippen LogP contribution in [0.3, 0.4) is 0 Å². The SMILES string of the molecule is C=CC(=O)OCCCCOc1ccc(C(=O)Oc2ccc(OCOc3ccc(OCCCCCC)cc3)cc2C(C)=O)cc1. The molecule has 9 heteroatoms. The molecule has 0 aliphatic carbocycles. The molecule has 0 heterocycles. The van der Waals surface area contributed by atoms with Crippen LogP contribution in [0, 0.1) is 0 Å². The largest absolute Gasteiger partial charge is 0.494 e. The fraction of sp³-hybridized carbons (Fsp3) is 0.343. The first-order valence-electron chi connectivity index (χ1n) is 14.8. The second-order valence-corrected chi connectivity index (χ2v) is 9.84. The summed E-state index contributed by atoms with van der Waals surface area (Å²) in [7, 11) is 0. The molecule has 0 atom stereocenters. The van der Waals surface area contributed by atoms with E-state index in [1.807, 2.05) is 12.1 Å². The van der Waals surface area contributed by atoms with Gasteiger partial charge in [0.05, 0.1) is 30.9 Å². The van der Waals surface area contributed by atoms with Crippen LogP contribution in [-0.2, 0) is 9.53 Å². The summed E-state index contributed by atoms with van der Waals surface area (Å²) in [6.07, 6.45) is 7.07. The molecule has 44 heavy (non-hydrogen) atoms. The van der Waals surface area contributed by atoms with E-state index in [2.05, 4.69) is 13.5 Å². The molecule has 0 aromatic heterocycles. The van der Waals surface area contributed by atoms with Crippen LogP contribution in [0.15, 0.2) is 79.4 Å². The Morgan fingerprint density at radius 2 is 1.23 bits per heavy atom. The van der Waals surface area contributed by atoms with Crippen molar-refractivity contribution in [1.82, 2.24) is 0 Å². The van der Waals surface area contributed by atoms with Crippen LogP contribution < -0.4 is 23.7 Å². The molecule has 0 saturated heterocycles. The number of carbonyl (C=O) groups excluding carboxylic acids is 3. The third-order valence-electron chi connectivity index (χ3n) is 6.38. The van der Waals surface area contributed by atoms with E-state index in [0.29, 0.717) is 55.5 Å². The number of Topliss-reactive ketones (excluding diaryl/α,β-unsaturated/α-hetero) is 1. The zero-order chi connectivity index (χ0) is 31.6. The van der Waals surface area contributed by atoms with Crippen LogP contribution >= 0.6 is 0 Å². The molecule has 0 unspecified atom stereocenters. The van der Waals surface area contributed by atoms with E-state index in [-0.39, 0.29) is 23.9 Å². The summed E-state index contributed by atoms with van der Waals surface area (Å²) in [6.45, 7) is 8.24. The highest BCUT2D eigenvalue weighted by molar-refractivity contribution is 5.99. The van der Waals surface area contributed by atoms with E-state index in [9.17, 15) is 14.4 Å². The zero-order valence-electron chi connectivity index (χ0n) is 25.4. The van der Waals surface area contributed by atoms with E-state index in [1.54, 1.807) is 42.5 Å². The first-order valence-corrected chi connectivity index (χ1v) is 14.8. The number of benzene rings is 3. The topological polar surface area (TPSA) is 107 Å². The van der Waals surface area contributed by atoms with Crippen LogP contribution in [0.4, 0.5) is 0 Å². The average molecular weight is 605 g/mol. The molecule has 0 N–H and O–H groups in total. The maximum absolute atomic E-state index is 12.8. The van der Waals surface area contributed by atoms with E-state index >= 15 is 0 Å². The van der Waals surface area contributed by atoms with Gasteiger partial charge in [0.2, 0.25) is 6.79 Å². The van der Waals surface area contributed by atoms with Gasteiger partial charge in [-0.15, -0.1) is 0 Å². The monoisotopic (exact) mass is 604 g/mol. The van der Waals surface area contributed by atoms with Crippen LogP contribution in [0.25, 0.3) is 0 Å². The Bertz CT molecular complexity index is 1350. The zero-order valence-corrected chi connectivity index (χ0v) is 25.4. The predicted molar refractivity (Wildman–Crippen MR) is 166 cm³/mol. The van der Waals surface area contributed by atoms with Gasteiger partial charge >= 0.3 is 11.9 Å². The van der Waals surface area contributed by atoms with E-state index < -0.39 is 11.9 Å². The van der Waals surface area contributed by atoms with Crippen molar-refractivity contribution in [2.45, 2.75) is 52.4 Å². The highest BCUT2D eigenvalue weighted by Crippen LogP contribution is 2.27. The molecule has 0 aliphatic rings. The fourth-order valence-electron chi connectivity index (χ4n) is 3.95. The minimum absolute atomic E-state index is 0.0785. The third-order valence-corrected chi connectivity index (χ3v) is 6.38. The minimum Gasteiger partial charge on any atom is -0.494 e. The second kappa shape index (κ2) is 18.7. The van der Waals surface area contributed by atoms with Gasteiger partial charge in [0.1, 0.15) is 28.7 Å². The number of rotatable bonds is 20. The molecule has 3 aromatic carbocycles. The van der Waals surface area contributed by atoms with Crippen molar-refractivity contribution in [2.24, 2.45) is 0 Å². The van der Waals surface area contributed by atoms with Gasteiger partial charge in [-0.1, -0.05) is 32.8 Å². The number of carbonyl (C=O) groups is 3. The fourth-order valence-corrected chi connectivity index (χ4v) is 3.95. The quantitative estimate of drug-likeness (QED) is 0.0326. The smallest absolute Gasteiger partial charge is 0.343 e. The number of hydrogen-bond donors (Lipinski definition) is 0. The average Bonchev–Trinajstić information content (AvgIpc) is 3.04. The first kappa shape index (κ1) is 33.7. The van der Waals surface area contributed by atoms with Gasteiger partial charge in [-0.3, -0.25) is 4.79 Å². The standard InChI is InChI=1S/C35H40O9/c1-4-6-7-8-21-39-29-15-17-30(18-16-29)42-25-43-31-19-20-33(32(24-31)26(3)36)44-35(38)27-11-13-28(14-12-27)40-22-9-10-23-41-34(37)5-2/h5,11-20,24H,2,4,6-10,21-23,25H2,1,3H3. The van der Waals surface area contributed by atoms with E-state index in [0.717, 1.165) is 24.7 Å². The minimum atomic E-state index is -0.617. The molecule has 0 spiro atoms. The second-order valence-electron chi connectivity index (χ2n) is 9.84. The van der Waals surface area contributed by atoms with Gasteiger partial charge in [-0.05, 0) is 92.9 Å². The van der Waals surface area contributed by atoms with Crippen LogP contribution in [0.1, 0.15) is 73.1 Å². The van der Waals surface area contributed by atoms with Crippen LogP contribution in [0.5, 0.6) is 28.7 Å². The number of hydrogen-bond acceptors (Lipinski definition) is 9. The maximum Gasteiger partial charge on any atom is 0.343 e. The number of unbranched alkanes of at least 4 members (excludes halogenated alkanes) is 4. The van der Waals surface area contributed by atoms with Crippen molar-refractivity contribution < 1.29 is 42.8 Å². The Kier molecular flexibility index (Phi) is 14.3. The van der Waals surface area contributed by atoms with Gasteiger partial charge in [-0.2, -0.15) is 0 Å². The van der Waals surface area contributed by atoms with Crippen molar-refractivity contribution in [1.29, 1.82) is 0 Å². The molecule has 3 rings (SSSR count). The highest BCUT2D eigenvalue weighted by Gasteiger charge is 2.16. The van der Waals surface area contributed by atoms with Crippen LogP contribution in [-0.4, -0.2) is 44.3 Å². The van der Waals surface area contributed by atoms with Gasteiger partial charge in [-0.25, -0.2) is 9.59 Å². The maximum atomic E-state index is 12.8. The summed E-state index contributed by atoms with van der Waals surface area (Å²) < 4.78 is 33.2. The van der Waals surface area contributed by atoms with Crippen molar-refractivity contribution in [3.8, 4) is 28.7 Å². The van der Waals surface area contributed by atoms with Crippen molar-refractivity contribution in [3.63, 3.8) is 0 Å².